The van der Waals surface area contributed by atoms with Gasteiger partial charge >= 0.3 is 0 Å². The molecule has 1 amide bonds. The van der Waals surface area contributed by atoms with Gasteiger partial charge in [-0.2, -0.15) is 0 Å². The van der Waals surface area contributed by atoms with Crippen LogP contribution in [0, 0.1) is 5.82 Å². The molecule has 0 spiro atoms. The lowest BCUT2D eigenvalue weighted by atomic mass is 10.2. The Hall–Kier alpha value is -1.60. The van der Waals surface area contributed by atoms with Gasteiger partial charge in [0.05, 0.1) is 5.56 Å². The topological polar surface area (TPSA) is 72.4 Å². The number of carbonyl (C=O) groups is 1. The van der Waals surface area contributed by atoms with E-state index in [0.29, 0.717) is 10.7 Å². The first kappa shape index (κ1) is 14.3. The molecule has 1 aromatic carbocycles. The Balaban J connectivity index is 1.74. The number of carbonyl (C=O) groups excluding carboxylic acids is 1. The molecule has 3 rings (SSSR count). The fourth-order valence-electron chi connectivity index (χ4n) is 2.49. The molecule has 2 heterocycles. The standard InChI is InChI=1S/C14H16FN3O2S/c15-9-7-10(13(16)19)12-11(8-9)17-14(20-12)21-6-5-18-3-1-2-4-18/h7-8H,1-6H2,(H2,16,19). The van der Waals surface area contributed by atoms with Gasteiger partial charge in [0.2, 0.25) is 0 Å². The first-order chi connectivity index (χ1) is 10.1. The van der Waals surface area contributed by atoms with Gasteiger partial charge in [-0.15, -0.1) is 0 Å². The summed E-state index contributed by atoms with van der Waals surface area (Å²) in [5.74, 6) is -0.413. The number of oxazole rings is 1. The summed E-state index contributed by atoms with van der Waals surface area (Å²) in [5.41, 5.74) is 5.85. The molecular formula is C14H16FN3O2S. The monoisotopic (exact) mass is 309 g/mol. The van der Waals surface area contributed by atoms with Crippen LogP contribution in [0.2, 0.25) is 0 Å². The van der Waals surface area contributed by atoms with Crippen molar-refractivity contribution in [1.29, 1.82) is 0 Å². The average molecular weight is 309 g/mol. The number of hydrogen-bond donors (Lipinski definition) is 1. The van der Waals surface area contributed by atoms with Crippen molar-refractivity contribution in [2.45, 2.75) is 18.1 Å². The Bertz CT molecular complexity index is 668. The van der Waals surface area contributed by atoms with Gasteiger partial charge in [0.15, 0.2) is 5.58 Å². The van der Waals surface area contributed by atoms with E-state index < -0.39 is 11.7 Å². The molecule has 1 aliphatic rings. The fourth-order valence-corrected chi connectivity index (χ4v) is 3.32. The van der Waals surface area contributed by atoms with E-state index in [1.54, 1.807) is 0 Å². The number of likely N-dealkylation sites (tertiary alicyclic amines) is 1. The molecule has 0 unspecified atom stereocenters. The Kier molecular flexibility index (Phi) is 4.12. The van der Waals surface area contributed by atoms with Gasteiger partial charge in [-0.1, -0.05) is 11.8 Å². The van der Waals surface area contributed by atoms with Crippen molar-refractivity contribution in [2.75, 3.05) is 25.4 Å². The van der Waals surface area contributed by atoms with Gasteiger partial charge in [-0.3, -0.25) is 4.79 Å². The number of thioether (sulfide) groups is 1. The summed E-state index contributed by atoms with van der Waals surface area (Å²) in [7, 11) is 0. The van der Waals surface area contributed by atoms with Crippen LogP contribution in [-0.2, 0) is 0 Å². The van der Waals surface area contributed by atoms with Crippen molar-refractivity contribution >= 4 is 28.8 Å². The van der Waals surface area contributed by atoms with Crippen LogP contribution in [0.3, 0.4) is 0 Å². The van der Waals surface area contributed by atoms with Gasteiger partial charge in [0.1, 0.15) is 11.3 Å². The zero-order valence-electron chi connectivity index (χ0n) is 11.5. The first-order valence-corrected chi connectivity index (χ1v) is 7.87. The number of hydrogen-bond acceptors (Lipinski definition) is 5. The number of aromatic nitrogens is 1. The minimum atomic E-state index is -0.718. The molecule has 0 saturated carbocycles. The molecule has 21 heavy (non-hydrogen) atoms. The SMILES string of the molecule is NC(=O)c1cc(F)cc2nc(SCCN3CCCC3)oc12. The number of fused-ring (bicyclic) bond motifs is 1. The first-order valence-electron chi connectivity index (χ1n) is 6.88. The van der Waals surface area contributed by atoms with Crippen LogP contribution in [0.4, 0.5) is 4.39 Å². The molecule has 1 aromatic heterocycles. The minimum Gasteiger partial charge on any atom is -0.430 e. The van der Waals surface area contributed by atoms with Gasteiger partial charge in [-0.25, -0.2) is 9.37 Å². The molecule has 2 N–H and O–H groups in total. The largest absolute Gasteiger partial charge is 0.430 e. The molecule has 0 aliphatic carbocycles. The van der Waals surface area contributed by atoms with E-state index in [-0.39, 0.29) is 11.1 Å². The lowest BCUT2D eigenvalue weighted by Crippen LogP contribution is -2.21. The Morgan fingerprint density at radius 1 is 1.43 bits per heavy atom. The van der Waals surface area contributed by atoms with Crippen LogP contribution in [0.15, 0.2) is 21.8 Å². The molecule has 1 aliphatic heterocycles. The Morgan fingerprint density at radius 2 is 2.19 bits per heavy atom. The molecule has 0 bridgehead atoms. The van der Waals surface area contributed by atoms with Crippen LogP contribution in [0.5, 0.6) is 0 Å². The zero-order valence-corrected chi connectivity index (χ0v) is 12.3. The molecule has 7 heteroatoms. The van der Waals surface area contributed by atoms with Crippen LogP contribution in [0.1, 0.15) is 23.2 Å². The fraction of sp³-hybridized carbons (Fsp3) is 0.429. The smallest absolute Gasteiger partial charge is 0.256 e. The van der Waals surface area contributed by atoms with Crippen LogP contribution in [0.25, 0.3) is 11.1 Å². The second-order valence-corrected chi connectivity index (χ2v) is 6.09. The number of nitrogens with two attached hydrogens (primary N) is 1. The summed E-state index contributed by atoms with van der Waals surface area (Å²) in [6, 6.07) is 2.32. The summed E-state index contributed by atoms with van der Waals surface area (Å²) < 4.78 is 19.0. The van der Waals surface area contributed by atoms with E-state index in [1.807, 2.05) is 0 Å². The zero-order chi connectivity index (χ0) is 14.8. The summed E-state index contributed by atoms with van der Waals surface area (Å²) in [5, 5.41) is 0.442. The third-order valence-corrected chi connectivity index (χ3v) is 4.34. The molecule has 112 valence electrons. The Morgan fingerprint density at radius 3 is 2.90 bits per heavy atom. The van der Waals surface area contributed by atoms with E-state index in [4.69, 9.17) is 10.2 Å². The van der Waals surface area contributed by atoms with Crippen LogP contribution < -0.4 is 5.73 Å². The molecule has 5 nitrogen and oxygen atoms in total. The molecule has 0 atom stereocenters. The van der Waals surface area contributed by atoms with Gasteiger partial charge in [0.25, 0.3) is 11.1 Å². The number of halogens is 1. The maximum atomic E-state index is 13.4. The lowest BCUT2D eigenvalue weighted by Gasteiger charge is -2.12. The third-order valence-electron chi connectivity index (χ3n) is 3.53. The van der Waals surface area contributed by atoms with E-state index in [9.17, 15) is 9.18 Å². The van der Waals surface area contributed by atoms with Crippen molar-refractivity contribution in [3.8, 4) is 0 Å². The van der Waals surface area contributed by atoms with Gasteiger partial charge < -0.3 is 15.1 Å². The van der Waals surface area contributed by atoms with E-state index in [1.165, 1.54) is 30.7 Å². The van der Waals surface area contributed by atoms with Crippen LogP contribution >= 0.6 is 11.8 Å². The molecular weight excluding hydrogens is 293 g/mol. The highest BCUT2D eigenvalue weighted by Gasteiger charge is 2.17. The number of benzene rings is 1. The number of amides is 1. The molecule has 0 radical (unpaired) electrons. The van der Waals surface area contributed by atoms with E-state index in [2.05, 4.69) is 9.88 Å². The number of primary amides is 1. The van der Waals surface area contributed by atoms with Crippen molar-refractivity contribution in [3.63, 3.8) is 0 Å². The van der Waals surface area contributed by atoms with E-state index in [0.717, 1.165) is 31.5 Å². The maximum absolute atomic E-state index is 13.4. The highest BCUT2D eigenvalue weighted by atomic mass is 32.2. The third kappa shape index (κ3) is 3.19. The number of nitrogens with zero attached hydrogens (tertiary/aromatic N) is 2. The van der Waals surface area contributed by atoms with E-state index >= 15 is 0 Å². The maximum Gasteiger partial charge on any atom is 0.256 e. The van der Waals surface area contributed by atoms with Crippen LogP contribution in [-0.4, -0.2) is 41.2 Å². The predicted octanol–water partition coefficient (Wildman–Crippen LogP) is 2.25. The van der Waals surface area contributed by atoms with Crippen molar-refractivity contribution in [2.24, 2.45) is 5.73 Å². The quantitative estimate of drug-likeness (QED) is 0.858. The van der Waals surface area contributed by atoms with Gasteiger partial charge in [-0.05, 0) is 32.0 Å². The highest BCUT2D eigenvalue weighted by Crippen LogP contribution is 2.27. The van der Waals surface area contributed by atoms with Gasteiger partial charge in [0, 0.05) is 18.4 Å². The van der Waals surface area contributed by atoms with Crippen molar-refractivity contribution in [1.82, 2.24) is 9.88 Å². The summed E-state index contributed by atoms with van der Waals surface area (Å²) >= 11 is 1.47. The lowest BCUT2D eigenvalue weighted by molar-refractivity contribution is 0.100. The summed E-state index contributed by atoms with van der Waals surface area (Å²) in [4.78, 5) is 17.9. The second kappa shape index (κ2) is 6.03. The highest BCUT2D eigenvalue weighted by molar-refractivity contribution is 7.99. The molecule has 2 aromatic rings. The van der Waals surface area contributed by atoms with Crippen molar-refractivity contribution in [3.05, 3.63) is 23.5 Å². The summed E-state index contributed by atoms with van der Waals surface area (Å²) in [6.07, 6.45) is 2.52. The molecule has 1 saturated heterocycles. The second-order valence-electron chi connectivity index (χ2n) is 5.04. The number of rotatable bonds is 5. The van der Waals surface area contributed by atoms with Crippen molar-refractivity contribution < 1.29 is 13.6 Å². The molecule has 1 fully saturated rings. The Labute approximate surface area is 125 Å². The summed E-state index contributed by atoms with van der Waals surface area (Å²) in [6.45, 7) is 3.26. The normalized spacial score (nSPS) is 15.9. The predicted molar refractivity (Wildman–Crippen MR) is 78.9 cm³/mol. The average Bonchev–Trinajstić information content (AvgIpc) is 3.06. The minimum absolute atomic E-state index is 0.0314.